The number of aromatic nitrogens is 1. The van der Waals surface area contributed by atoms with E-state index < -0.39 is 27.4 Å². The Hall–Kier alpha value is -5.89. The predicted molar refractivity (Wildman–Crippen MR) is 171 cm³/mol. The molecule has 0 N–H and O–H groups in total. The maximum Gasteiger partial charge on any atom is 0.338 e. The van der Waals surface area contributed by atoms with Crippen molar-refractivity contribution in [1.29, 1.82) is 0 Å². The van der Waals surface area contributed by atoms with E-state index in [2.05, 4.69) is 4.99 Å². The van der Waals surface area contributed by atoms with Gasteiger partial charge in [-0.05, 0) is 63.1 Å². The first-order valence-electron chi connectivity index (χ1n) is 14.4. The van der Waals surface area contributed by atoms with Gasteiger partial charge in [0.1, 0.15) is 29.1 Å². The third-order valence-electron chi connectivity index (χ3n) is 7.71. The average Bonchev–Trinajstić information content (AvgIpc) is 3.77. The molecule has 0 aliphatic carbocycles. The van der Waals surface area contributed by atoms with E-state index in [9.17, 15) is 29.8 Å². The second-order valence-electron chi connectivity index (χ2n) is 10.7. The summed E-state index contributed by atoms with van der Waals surface area (Å²) >= 11 is 1.09. The van der Waals surface area contributed by atoms with Gasteiger partial charge in [0.25, 0.3) is 16.9 Å². The van der Waals surface area contributed by atoms with Crippen LogP contribution < -0.4 is 14.9 Å². The Morgan fingerprint density at radius 1 is 0.936 bits per heavy atom. The van der Waals surface area contributed by atoms with E-state index in [1.54, 1.807) is 63.2 Å². The van der Waals surface area contributed by atoms with Gasteiger partial charge in [0, 0.05) is 41.5 Å². The third kappa shape index (κ3) is 5.70. The molecule has 1 atom stereocenters. The van der Waals surface area contributed by atoms with Crippen LogP contribution in [-0.2, 0) is 9.53 Å². The number of fused-ring (bicyclic) bond motifs is 1. The van der Waals surface area contributed by atoms with Crippen molar-refractivity contribution in [1.82, 2.24) is 4.57 Å². The molecule has 0 saturated heterocycles. The lowest BCUT2D eigenvalue weighted by Gasteiger charge is -2.22. The molecule has 47 heavy (non-hydrogen) atoms. The van der Waals surface area contributed by atoms with Gasteiger partial charge in [-0.2, -0.15) is 0 Å². The molecule has 0 radical (unpaired) electrons. The van der Waals surface area contributed by atoms with Crippen LogP contribution in [0.1, 0.15) is 42.5 Å². The summed E-state index contributed by atoms with van der Waals surface area (Å²) in [6.45, 7) is 7.00. The number of ether oxygens (including phenoxy) is 1. The normalized spacial score (nSPS) is 14.6. The number of non-ortho nitro benzene ring substituents is 2. The SMILES string of the molecule is CCOC(=O)C1=C(C)N=c2s/c(=C\c3ccc(-c4cc([N+](=O)[O-])ccc4C)o3)c(=O)n2[C@@H]1c1ccc(-c2cc([N+](=O)[O-])ccc2C)o1. The predicted octanol–water partition coefficient (Wildman–Crippen LogP) is 5.75. The number of nitrogens with zero attached hydrogens (tertiary/aromatic N) is 4. The number of thiazole rings is 1. The van der Waals surface area contributed by atoms with E-state index in [-0.39, 0.29) is 33.8 Å². The van der Waals surface area contributed by atoms with Crippen molar-refractivity contribution < 1.29 is 28.2 Å². The summed E-state index contributed by atoms with van der Waals surface area (Å²) in [5, 5.41) is 22.8. The minimum Gasteiger partial charge on any atom is -0.463 e. The molecule has 0 spiro atoms. The number of nitro benzene ring substituents is 2. The summed E-state index contributed by atoms with van der Waals surface area (Å²) in [6, 6.07) is 14.4. The summed E-state index contributed by atoms with van der Waals surface area (Å²) < 4.78 is 19.2. The number of hydrogen-bond acceptors (Lipinski definition) is 11. The summed E-state index contributed by atoms with van der Waals surface area (Å²) in [7, 11) is 0. The second-order valence-corrected chi connectivity index (χ2v) is 11.7. The molecule has 3 aromatic heterocycles. The van der Waals surface area contributed by atoms with Crippen LogP contribution in [0.25, 0.3) is 28.7 Å². The number of carbonyl (C=O) groups excluding carboxylic acids is 1. The maximum atomic E-state index is 14.0. The van der Waals surface area contributed by atoms with E-state index in [0.29, 0.717) is 38.9 Å². The molecule has 0 fully saturated rings. The van der Waals surface area contributed by atoms with Crippen LogP contribution in [0.15, 0.2) is 90.6 Å². The Bertz CT molecular complexity index is 2320. The minimum absolute atomic E-state index is 0.0774. The molecule has 14 heteroatoms. The molecule has 0 saturated carbocycles. The van der Waals surface area contributed by atoms with Gasteiger partial charge in [0.15, 0.2) is 4.80 Å². The van der Waals surface area contributed by atoms with Crippen molar-refractivity contribution in [3.8, 4) is 22.6 Å². The molecule has 1 aliphatic rings. The van der Waals surface area contributed by atoms with Gasteiger partial charge in [0.05, 0.1) is 32.3 Å². The molecule has 0 unspecified atom stereocenters. The zero-order valence-electron chi connectivity index (χ0n) is 25.5. The first-order valence-corrected chi connectivity index (χ1v) is 15.2. The average molecular weight is 655 g/mol. The van der Waals surface area contributed by atoms with E-state index in [1.807, 2.05) is 6.92 Å². The zero-order chi connectivity index (χ0) is 33.6. The van der Waals surface area contributed by atoms with E-state index >= 15 is 0 Å². The number of allylic oxidation sites excluding steroid dienone is 1. The number of rotatable bonds is 8. The summed E-state index contributed by atoms with van der Waals surface area (Å²) in [5.74, 6) is 0.609. The van der Waals surface area contributed by atoms with Gasteiger partial charge >= 0.3 is 5.97 Å². The molecule has 0 bridgehead atoms. The number of benzene rings is 2. The summed E-state index contributed by atoms with van der Waals surface area (Å²) in [5.41, 5.74) is 2.34. The van der Waals surface area contributed by atoms with Gasteiger partial charge in [-0.15, -0.1) is 0 Å². The van der Waals surface area contributed by atoms with Gasteiger partial charge in [0.2, 0.25) is 0 Å². The Balaban J connectivity index is 1.46. The Kier molecular flexibility index (Phi) is 8.03. The smallest absolute Gasteiger partial charge is 0.338 e. The van der Waals surface area contributed by atoms with Crippen LogP contribution in [0.5, 0.6) is 0 Å². The first-order chi connectivity index (χ1) is 22.5. The largest absolute Gasteiger partial charge is 0.463 e. The highest BCUT2D eigenvalue weighted by atomic mass is 32.1. The lowest BCUT2D eigenvalue weighted by Crippen LogP contribution is -2.39. The highest BCUT2D eigenvalue weighted by molar-refractivity contribution is 7.07. The van der Waals surface area contributed by atoms with Crippen molar-refractivity contribution in [2.24, 2.45) is 4.99 Å². The number of hydrogen-bond donors (Lipinski definition) is 0. The highest BCUT2D eigenvalue weighted by Gasteiger charge is 2.35. The molecule has 2 aromatic carbocycles. The highest BCUT2D eigenvalue weighted by Crippen LogP contribution is 2.36. The number of nitro groups is 2. The van der Waals surface area contributed by atoms with Crippen LogP contribution in [0.3, 0.4) is 0 Å². The van der Waals surface area contributed by atoms with Crippen molar-refractivity contribution in [3.05, 3.63) is 134 Å². The molecule has 4 heterocycles. The number of esters is 1. The zero-order valence-corrected chi connectivity index (χ0v) is 26.3. The van der Waals surface area contributed by atoms with Gasteiger partial charge in [-0.3, -0.25) is 29.6 Å². The fourth-order valence-corrected chi connectivity index (χ4v) is 6.41. The fraction of sp³-hybridized carbons (Fsp3) is 0.182. The standard InChI is InChI=1S/C33H26N4O9S/c1-5-44-32(39)29-19(4)34-33-35(30(29)27-13-12-26(46-27)24-15-21(37(42)43)9-7-18(24)3)31(38)28(47-33)16-22-10-11-25(45-22)23-14-20(36(40)41)8-6-17(23)2/h6-16,30H,5H2,1-4H3/b28-16-/t30-/m1/s1. The lowest BCUT2D eigenvalue weighted by atomic mass is 10.0. The van der Waals surface area contributed by atoms with Crippen molar-refractivity contribution in [2.45, 2.75) is 33.7 Å². The topological polar surface area (TPSA) is 173 Å². The quantitative estimate of drug-likeness (QED) is 0.115. The third-order valence-corrected chi connectivity index (χ3v) is 8.69. The Morgan fingerprint density at radius 3 is 2.13 bits per heavy atom. The molecule has 13 nitrogen and oxygen atoms in total. The first kappa shape index (κ1) is 31.1. The van der Waals surface area contributed by atoms with Crippen molar-refractivity contribution in [2.75, 3.05) is 6.61 Å². The molecular weight excluding hydrogens is 628 g/mol. The summed E-state index contributed by atoms with van der Waals surface area (Å²) in [4.78, 5) is 53.9. The number of aryl methyl sites for hydroxylation is 2. The molecule has 0 amide bonds. The Labute approximate surface area is 269 Å². The monoisotopic (exact) mass is 654 g/mol. The molecule has 1 aliphatic heterocycles. The van der Waals surface area contributed by atoms with Gasteiger partial charge in [-0.25, -0.2) is 9.79 Å². The van der Waals surface area contributed by atoms with Crippen LogP contribution in [-0.4, -0.2) is 27.0 Å². The van der Waals surface area contributed by atoms with Crippen LogP contribution >= 0.6 is 11.3 Å². The Morgan fingerprint density at radius 2 is 1.53 bits per heavy atom. The maximum absolute atomic E-state index is 14.0. The molecule has 6 rings (SSSR count). The van der Waals surface area contributed by atoms with Crippen LogP contribution in [0.4, 0.5) is 11.4 Å². The summed E-state index contributed by atoms with van der Waals surface area (Å²) in [6.07, 6.45) is 1.54. The second kappa shape index (κ2) is 12.1. The minimum atomic E-state index is -1.04. The van der Waals surface area contributed by atoms with Gasteiger partial charge in [-0.1, -0.05) is 23.5 Å². The van der Waals surface area contributed by atoms with E-state index in [4.69, 9.17) is 13.6 Å². The fourth-order valence-electron chi connectivity index (χ4n) is 5.39. The van der Waals surface area contributed by atoms with Crippen molar-refractivity contribution in [3.63, 3.8) is 0 Å². The van der Waals surface area contributed by atoms with Crippen LogP contribution in [0, 0.1) is 34.1 Å². The number of furan rings is 2. The van der Waals surface area contributed by atoms with E-state index in [0.717, 1.165) is 22.5 Å². The van der Waals surface area contributed by atoms with Crippen molar-refractivity contribution >= 4 is 34.8 Å². The lowest BCUT2D eigenvalue weighted by molar-refractivity contribution is -0.385. The number of carbonyl (C=O) groups is 1. The van der Waals surface area contributed by atoms with E-state index in [1.165, 1.54) is 28.8 Å². The van der Waals surface area contributed by atoms with Crippen LogP contribution in [0.2, 0.25) is 0 Å². The molecular formula is C33H26N4O9S. The van der Waals surface area contributed by atoms with Gasteiger partial charge < -0.3 is 13.6 Å². The molecule has 5 aromatic rings. The molecule has 238 valence electrons.